The third-order valence-corrected chi connectivity index (χ3v) is 3.95. The van der Waals surface area contributed by atoms with Gasteiger partial charge in [0, 0.05) is 6.20 Å². The molecular weight excluding hydrogens is 354 g/mol. The van der Waals surface area contributed by atoms with Gasteiger partial charge in [0.25, 0.3) is 0 Å². The molecule has 0 atom stereocenters. The summed E-state index contributed by atoms with van der Waals surface area (Å²) in [5.74, 6) is -0.325. The van der Waals surface area contributed by atoms with Crippen molar-refractivity contribution in [3.05, 3.63) is 71.1 Å². The third-order valence-electron chi connectivity index (χ3n) is 3.95. The van der Waals surface area contributed by atoms with Crippen LogP contribution in [0.4, 0.5) is 0 Å². The number of benzene rings is 1. The molecule has 28 heavy (non-hydrogen) atoms. The number of imidazole rings is 1. The summed E-state index contributed by atoms with van der Waals surface area (Å²) in [4.78, 5) is 16.9. The molecule has 2 aromatic heterocycles. The van der Waals surface area contributed by atoms with Crippen molar-refractivity contribution in [1.29, 1.82) is 5.26 Å². The van der Waals surface area contributed by atoms with Crippen molar-refractivity contribution in [1.82, 2.24) is 9.38 Å². The Morgan fingerprint density at radius 2 is 2.00 bits per heavy atom. The highest BCUT2D eigenvalue weighted by molar-refractivity contribution is 5.98. The Balaban J connectivity index is 1.94. The van der Waals surface area contributed by atoms with E-state index in [0.717, 1.165) is 11.1 Å². The van der Waals surface area contributed by atoms with Crippen LogP contribution in [0.3, 0.4) is 0 Å². The lowest BCUT2D eigenvalue weighted by Gasteiger charge is -2.08. The molecule has 2 heterocycles. The average molecular weight is 375 g/mol. The van der Waals surface area contributed by atoms with Crippen LogP contribution in [0, 0.1) is 18.3 Å². The van der Waals surface area contributed by atoms with E-state index >= 15 is 0 Å². The Morgan fingerprint density at radius 3 is 2.68 bits per heavy atom. The lowest BCUT2D eigenvalue weighted by atomic mass is 10.2. The number of aromatic nitrogens is 2. The number of pyridine rings is 1. The van der Waals surface area contributed by atoms with Crippen LogP contribution in [-0.2, 0) is 16.1 Å². The van der Waals surface area contributed by atoms with Gasteiger partial charge in [0.15, 0.2) is 0 Å². The Kier molecular flexibility index (Phi) is 5.75. The predicted octanol–water partition coefficient (Wildman–Crippen LogP) is 4.08. The second-order valence-corrected chi connectivity index (χ2v) is 6.64. The van der Waals surface area contributed by atoms with E-state index in [1.54, 1.807) is 4.40 Å². The van der Waals surface area contributed by atoms with Gasteiger partial charge in [-0.15, -0.1) is 0 Å². The minimum absolute atomic E-state index is 0.0975. The summed E-state index contributed by atoms with van der Waals surface area (Å²) in [6.45, 7) is 5.83. The van der Waals surface area contributed by atoms with Crippen molar-refractivity contribution in [2.24, 2.45) is 0 Å². The monoisotopic (exact) mass is 375 g/mol. The normalized spacial score (nSPS) is 11.5. The molecule has 6 heteroatoms. The van der Waals surface area contributed by atoms with Gasteiger partial charge < -0.3 is 9.47 Å². The van der Waals surface area contributed by atoms with Gasteiger partial charge in [-0.2, -0.15) is 10.2 Å². The topological polar surface area (TPSA) is 76.6 Å². The number of aryl methyl sites for hydroxylation is 1. The summed E-state index contributed by atoms with van der Waals surface area (Å²) in [7, 11) is 0. The van der Waals surface area contributed by atoms with Gasteiger partial charge >= 0.3 is 5.97 Å². The average Bonchev–Trinajstić information content (AvgIpc) is 3.00. The summed E-state index contributed by atoms with van der Waals surface area (Å²) in [5.41, 5.74) is 2.94. The molecule has 0 N–H and O–H groups in total. The van der Waals surface area contributed by atoms with Gasteiger partial charge in [-0.1, -0.05) is 36.4 Å². The lowest BCUT2D eigenvalue weighted by molar-refractivity contribution is -0.139. The second kappa shape index (κ2) is 8.40. The molecule has 0 amide bonds. The van der Waals surface area contributed by atoms with E-state index in [1.807, 2.05) is 75.5 Å². The van der Waals surface area contributed by atoms with E-state index in [4.69, 9.17) is 9.47 Å². The summed E-state index contributed by atoms with van der Waals surface area (Å²) >= 11 is 0. The molecule has 0 aliphatic rings. The molecule has 3 aromatic rings. The molecule has 142 valence electrons. The summed E-state index contributed by atoms with van der Waals surface area (Å²) < 4.78 is 12.9. The number of hydrogen-bond donors (Lipinski definition) is 0. The quantitative estimate of drug-likeness (QED) is 0.369. The molecule has 1 aromatic carbocycles. The maximum absolute atomic E-state index is 12.4. The number of carbonyl (C=O) groups is 1. The first-order chi connectivity index (χ1) is 13.5. The van der Waals surface area contributed by atoms with E-state index in [-0.39, 0.29) is 18.3 Å². The molecular formula is C22H21N3O3. The molecule has 0 saturated heterocycles. The van der Waals surface area contributed by atoms with Crippen molar-refractivity contribution < 1.29 is 14.3 Å². The lowest BCUT2D eigenvalue weighted by Crippen LogP contribution is -2.09. The van der Waals surface area contributed by atoms with Gasteiger partial charge in [-0.3, -0.25) is 4.40 Å². The Hall–Kier alpha value is -3.59. The highest BCUT2D eigenvalue weighted by atomic mass is 16.5. The van der Waals surface area contributed by atoms with Gasteiger partial charge in [0.05, 0.1) is 6.10 Å². The van der Waals surface area contributed by atoms with Gasteiger partial charge in [-0.25, -0.2) is 4.79 Å². The summed E-state index contributed by atoms with van der Waals surface area (Å²) in [5, 5.41) is 9.50. The number of ether oxygens (including phenoxy) is 2. The highest BCUT2D eigenvalue weighted by Crippen LogP contribution is 2.25. The zero-order valence-corrected chi connectivity index (χ0v) is 16.0. The van der Waals surface area contributed by atoms with Crippen molar-refractivity contribution in [3.8, 4) is 11.9 Å². The van der Waals surface area contributed by atoms with E-state index in [0.29, 0.717) is 17.2 Å². The standard InChI is InChI=1S/C22H21N3O3/c1-15(2)28-21-19(25-13-16(3)9-10-20(25)24-21)11-18(12-23)22(26)27-14-17-7-5-4-6-8-17/h4-11,13,15H,14H2,1-3H3/b18-11-. The van der Waals surface area contributed by atoms with Crippen LogP contribution in [-0.4, -0.2) is 21.5 Å². The second-order valence-electron chi connectivity index (χ2n) is 6.64. The largest absolute Gasteiger partial charge is 0.473 e. The van der Waals surface area contributed by atoms with Gasteiger partial charge in [-0.05, 0) is 44.0 Å². The molecule has 0 unspecified atom stereocenters. The van der Waals surface area contributed by atoms with Crippen LogP contribution in [0.25, 0.3) is 11.7 Å². The minimum atomic E-state index is -0.690. The molecule has 0 radical (unpaired) electrons. The smallest absolute Gasteiger partial charge is 0.349 e. The Labute approximate surface area is 163 Å². The zero-order valence-electron chi connectivity index (χ0n) is 16.0. The molecule has 0 aliphatic carbocycles. The first kappa shape index (κ1) is 19.2. The van der Waals surface area contributed by atoms with Crippen LogP contribution in [0.15, 0.2) is 54.2 Å². The minimum Gasteiger partial charge on any atom is -0.473 e. The molecule has 3 rings (SSSR count). The van der Waals surface area contributed by atoms with Crippen LogP contribution < -0.4 is 4.74 Å². The van der Waals surface area contributed by atoms with E-state index in [9.17, 15) is 10.1 Å². The van der Waals surface area contributed by atoms with E-state index < -0.39 is 5.97 Å². The SMILES string of the molecule is Cc1ccc2nc(OC(C)C)c(/C=C(/C#N)C(=O)OCc3ccccc3)n2c1. The van der Waals surface area contributed by atoms with E-state index in [2.05, 4.69) is 4.98 Å². The number of rotatable bonds is 6. The zero-order chi connectivity index (χ0) is 20.1. The number of carbonyl (C=O) groups excluding carboxylic acids is 1. The van der Waals surface area contributed by atoms with Gasteiger partial charge in [0.1, 0.15) is 29.6 Å². The Bertz CT molecular complexity index is 1060. The molecule has 6 nitrogen and oxygen atoms in total. The molecule has 0 fully saturated rings. The first-order valence-electron chi connectivity index (χ1n) is 8.96. The third kappa shape index (κ3) is 4.38. The van der Waals surface area contributed by atoms with Crippen molar-refractivity contribution in [2.75, 3.05) is 0 Å². The maximum atomic E-state index is 12.4. The molecule has 0 spiro atoms. The number of fused-ring (bicyclic) bond motifs is 1. The van der Waals surface area contributed by atoms with Crippen LogP contribution in [0.2, 0.25) is 0 Å². The Morgan fingerprint density at radius 1 is 1.25 bits per heavy atom. The number of nitrogens with zero attached hydrogens (tertiary/aromatic N) is 3. The van der Waals surface area contributed by atoms with Crippen molar-refractivity contribution >= 4 is 17.7 Å². The molecule has 0 bridgehead atoms. The summed E-state index contributed by atoms with van der Waals surface area (Å²) in [6.07, 6.45) is 3.24. The number of nitriles is 1. The predicted molar refractivity (Wildman–Crippen MR) is 106 cm³/mol. The van der Waals surface area contributed by atoms with Crippen LogP contribution >= 0.6 is 0 Å². The van der Waals surface area contributed by atoms with E-state index in [1.165, 1.54) is 6.08 Å². The van der Waals surface area contributed by atoms with Crippen molar-refractivity contribution in [2.45, 2.75) is 33.5 Å². The van der Waals surface area contributed by atoms with Crippen molar-refractivity contribution in [3.63, 3.8) is 0 Å². The molecule has 0 aliphatic heterocycles. The molecule has 0 saturated carbocycles. The van der Waals surface area contributed by atoms with Crippen LogP contribution in [0.1, 0.15) is 30.7 Å². The fourth-order valence-electron chi connectivity index (χ4n) is 2.66. The first-order valence-corrected chi connectivity index (χ1v) is 8.96. The number of hydrogen-bond acceptors (Lipinski definition) is 5. The number of esters is 1. The fraction of sp³-hybridized carbons (Fsp3) is 0.227. The van der Waals surface area contributed by atoms with Gasteiger partial charge in [0.2, 0.25) is 5.88 Å². The van der Waals surface area contributed by atoms with Crippen LogP contribution in [0.5, 0.6) is 5.88 Å². The maximum Gasteiger partial charge on any atom is 0.349 e. The highest BCUT2D eigenvalue weighted by Gasteiger charge is 2.18. The summed E-state index contributed by atoms with van der Waals surface area (Å²) in [6, 6.07) is 15.0. The fourth-order valence-corrected chi connectivity index (χ4v) is 2.66.